The third-order valence-electron chi connectivity index (χ3n) is 4.40. The SMILES string of the molecule is CC(C)CN(C1CCCC1)C1CNC(C)(C)C1. The average Bonchev–Trinajstić information content (AvgIpc) is 2.83. The van der Waals surface area contributed by atoms with Crippen LogP contribution >= 0.6 is 0 Å². The van der Waals surface area contributed by atoms with E-state index in [4.69, 9.17) is 0 Å². The van der Waals surface area contributed by atoms with Crippen LogP contribution in [0.2, 0.25) is 0 Å². The maximum absolute atomic E-state index is 3.68. The molecule has 17 heavy (non-hydrogen) atoms. The van der Waals surface area contributed by atoms with Crippen LogP contribution < -0.4 is 5.32 Å². The third-order valence-corrected chi connectivity index (χ3v) is 4.40. The minimum absolute atomic E-state index is 0.346. The summed E-state index contributed by atoms with van der Waals surface area (Å²) in [5.74, 6) is 0.791. The van der Waals surface area contributed by atoms with E-state index in [1.54, 1.807) is 0 Å². The van der Waals surface area contributed by atoms with Crippen molar-refractivity contribution in [1.82, 2.24) is 10.2 Å². The Balaban J connectivity index is 1.99. The molecule has 1 aliphatic carbocycles. The number of rotatable bonds is 4. The number of hydrogen-bond donors (Lipinski definition) is 1. The van der Waals surface area contributed by atoms with Gasteiger partial charge in [0, 0.05) is 30.7 Å². The monoisotopic (exact) mass is 238 g/mol. The second-order valence-corrected chi connectivity index (χ2v) is 7.15. The molecule has 1 unspecified atom stereocenters. The molecule has 2 aliphatic rings. The minimum Gasteiger partial charge on any atom is -0.310 e. The molecule has 1 aliphatic heterocycles. The second kappa shape index (κ2) is 5.27. The van der Waals surface area contributed by atoms with Crippen molar-refractivity contribution in [1.29, 1.82) is 0 Å². The predicted molar refractivity (Wildman–Crippen MR) is 74.3 cm³/mol. The lowest BCUT2D eigenvalue weighted by molar-refractivity contribution is 0.124. The molecule has 1 atom stereocenters. The molecular weight excluding hydrogens is 208 g/mol. The van der Waals surface area contributed by atoms with Gasteiger partial charge in [-0.1, -0.05) is 26.7 Å². The Morgan fingerprint density at radius 2 is 1.82 bits per heavy atom. The van der Waals surface area contributed by atoms with Gasteiger partial charge in [-0.05, 0) is 39.0 Å². The fourth-order valence-electron chi connectivity index (χ4n) is 3.62. The molecule has 1 N–H and O–H groups in total. The molecule has 2 rings (SSSR count). The Hall–Kier alpha value is -0.0800. The lowest BCUT2D eigenvalue weighted by Gasteiger charge is -2.36. The summed E-state index contributed by atoms with van der Waals surface area (Å²) in [5.41, 5.74) is 0.346. The molecule has 1 saturated heterocycles. The predicted octanol–water partition coefficient (Wildman–Crippen LogP) is 3.03. The van der Waals surface area contributed by atoms with Crippen LogP contribution in [0.25, 0.3) is 0 Å². The number of nitrogens with zero attached hydrogens (tertiary/aromatic N) is 1. The van der Waals surface area contributed by atoms with Gasteiger partial charge in [0.2, 0.25) is 0 Å². The first kappa shape index (κ1) is 13.4. The molecule has 2 heteroatoms. The Morgan fingerprint density at radius 1 is 1.18 bits per heavy atom. The van der Waals surface area contributed by atoms with Gasteiger partial charge in [0.1, 0.15) is 0 Å². The van der Waals surface area contributed by atoms with Crippen LogP contribution in [0.3, 0.4) is 0 Å². The summed E-state index contributed by atoms with van der Waals surface area (Å²) in [7, 11) is 0. The van der Waals surface area contributed by atoms with Crippen molar-refractivity contribution in [3.8, 4) is 0 Å². The first-order valence-corrected chi connectivity index (χ1v) is 7.49. The van der Waals surface area contributed by atoms with E-state index in [0.717, 1.165) is 18.0 Å². The Morgan fingerprint density at radius 3 is 2.29 bits per heavy atom. The average molecular weight is 238 g/mol. The van der Waals surface area contributed by atoms with Crippen molar-refractivity contribution in [3.05, 3.63) is 0 Å². The summed E-state index contributed by atoms with van der Waals surface area (Å²) in [6.45, 7) is 11.9. The van der Waals surface area contributed by atoms with Gasteiger partial charge in [-0.2, -0.15) is 0 Å². The highest BCUT2D eigenvalue weighted by atomic mass is 15.2. The first-order valence-electron chi connectivity index (χ1n) is 7.49. The number of nitrogens with one attached hydrogen (secondary N) is 1. The highest BCUT2D eigenvalue weighted by Gasteiger charge is 2.37. The van der Waals surface area contributed by atoms with E-state index in [0.29, 0.717) is 5.54 Å². The van der Waals surface area contributed by atoms with E-state index >= 15 is 0 Å². The molecule has 0 aromatic carbocycles. The Bertz CT molecular complexity index is 241. The van der Waals surface area contributed by atoms with Gasteiger partial charge in [-0.25, -0.2) is 0 Å². The van der Waals surface area contributed by atoms with Crippen LogP contribution in [-0.2, 0) is 0 Å². The zero-order valence-electron chi connectivity index (χ0n) is 12.1. The number of hydrogen-bond acceptors (Lipinski definition) is 2. The van der Waals surface area contributed by atoms with Crippen LogP contribution in [0.15, 0.2) is 0 Å². The van der Waals surface area contributed by atoms with E-state index in [9.17, 15) is 0 Å². The van der Waals surface area contributed by atoms with Crippen LogP contribution in [0.1, 0.15) is 59.8 Å². The van der Waals surface area contributed by atoms with Crippen LogP contribution in [0.5, 0.6) is 0 Å². The molecule has 100 valence electrons. The van der Waals surface area contributed by atoms with E-state index in [1.165, 1.54) is 45.2 Å². The lowest BCUT2D eigenvalue weighted by atomic mass is 9.98. The van der Waals surface area contributed by atoms with Gasteiger partial charge < -0.3 is 5.32 Å². The van der Waals surface area contributed by atoms with E-state index in [-0.39, 0.29) is 0 Å². The maximum atomic E-state index is 3.68. The fraction of sp³-hybridized carbons (Fsp3) is 1.00. The van der Waals surface area contributed by atoms with Crippen molar-refractivity contribution in [2.24, 2.45) is 5.92 Å². The molecule has 1 saturated carbocycles. The van der Waals surface area contributed by atoms with Crippen molar-refractivity contribution in [3.63, 3.8) is 0 Å². The minimum atomic E-state index is 0.346. The maximum Gasteiger partial charge on any atom is 0.0241 e. The Kier molecular flexibility index (Phi) is 4.14. The summed E-state index contributed by atoms with van der Waals surface area (Å²) >= 11 is 0. The van der Waals surface area contributed by atoms with Crippen LogP contribution in [0, 0.1) is 5.92 Å². The van der Waals surface area contributed by atoms with Gasteiger partial charge in [-0.3, -0.25) is 4.90 Å². The largest absolute Gasteiger partial charge is 0.310 e. The summed E-state index contributed by atoms with van der Waals surface area (Å²) in [5, 5.41) is 3.68. The highest BCUT2D eigenvalue weighted by molar-refractivity contribution is 4.96. The van der Waals surface area contributed by atoms with Crippen molar-refractivity contribution in [2.75, 3.05) is 13.1 Å². The summed E-state index contributed by atoms with van der Waals surface area (Å²) < 4.78 is 0. The van der Waals surface area contributed by atoms with Crippen molar-refractivity contribution < 1.29 is 0 Å². The quantitative estimate of drug-likeness (QED) is 0.810. The normalized spacial score (nSPS) is 29.6. The van der Waals surface area contributed by atoms with E-state index in [2.05, 4.69) is 37.9 Å². The summed E-state index contributed by atoms with van der Waals surface area (Å²) in [6, 6.07) is 1.65. The van der Waals surface area contributed by atoms with Gasteiger partial charge in [0.05, 0.1) is 0 Å². The topological polar surface area (TPSA) is 15.3 Å². The molecule has 0 aromatic heterocycles. The molecule has 2 nitrogen and oxygen atoms in total. The van der Waals surface area contributed by atoms with Gasteiger partial charge >= 0.3 is 0 Å². The summed E-state index contributed by atoms with van der Waals surface area (Å²) in [4.78, 5) is 2.83. The van der Waals surface area contributed by atoms with Crippen LogP contribution in [-0.4, -0.2) is 35.6 Å². The molecule has 0 bridgehead atoms. The van der Waals surface area contributed by atoms with Gasteiger partial charge in [0.15, 0.2) is 0 Å². The van der Waals surface area contributed by atoms with Crippen molar-refractivity contribution >= 4 is 0 Å². The standard InChI is InChI=1S/C15H30N2/c1-12(2)11-17(13-7-5-6-8-13)14-9-15(3,4)16-10-14/h12-14,16H,5-11H2,1-4H3. The molecule has 0 aromatic rings. The molecular formula is C15H30N2. The zero-order valence-corrected chi connectivity index (χ0v) is 12.1. The Labute approximate surface area is 107 Å². The summed E-state index contributed by atoms with van der Waals surface area (Å²) in [6.07, 6.45) is 7.08. The second-order valence-electron chi connectivity index (χ2n) is 7.15. The van der Waals surface area contributed by atoms with Crippen LogP contribution in [0.4, 0.5) is 0 Å². The molecule has 1 heterocycles. The van der Waals surface area contributed by atoms with E-state index in [1.807, 2.05) is 0 Å². The highest BCUT2D eigenvalue weighted by Crippen LogP contribution is 2.30. The zero-order chi connectivity index (χ0) is 12.5. The van der Waals surface area contributed by atoms with Gasteiger partial charge in [0.25, 0.3) is 0 Å². The third kappa shape index (κ3) is 3.45. The fourth-order valence-corrected chi connectivity index (χ4v) is 3.62. The molecule has 0 spiro atoms. The smallest absolute Gasteiger partial charge is 0.0241 e. The molecule has 0 radical (unpaired) electrons. The molecule has 0 amide bonds. The lowest BCUT2D eigenvalue weighted by Crippen LogP contribution is -2.45. The van der Waals surface area contributed by atoms with Gasteiger partial charge in [-0.15, -0.1) is 0 Å². The van der Waals surface area contributed by atoms with E-state index < -0.39 is 0 Å². The first-order chi connectivity index (χ1) is 7.98. The van der Waals surface area contributed by atoms with Crippen molar-refractivity contribution in [2.45, 2.75) is 77.4 Å². The molecule has 2 fully saturated rings.